The average Bonchev–Trinajstić information content (AvgIpc) is 2.87. The van der Waals surface area contributed by atoms with Gasteiger partial charge in [-0.05, 0) is 19.1 Å². The standard InChI is InChI=1S/C13H14N2OS2/c1-3-7-15-12-11(14-13(15)17-2)10-8(16)5-4-6-9(10)18-12/h3H,1,4-7H2,2H3. The van der Waals surface area contributed by atoms with Crippen molar-refractivity contribution in [1.29, 1.82) is 0 Å². The summed E-state index contributed by atoms with van der Waals surface area (Å²) < 4.78 is 2.16. The number of rotatable bonds is 3. The van der Waals surface area contributed by atoms with E-state index in [1.54, 1.807) is 23.1 Å². The zero-order chi connectivity index (χ0) is 12.7. The Morgan fingerprint density at radius 1 is 1.56 bits per heavy atom. The molecule has 0 radical (unpaired) electrons. The highest BCUT2D eigenvalue weighted by atomic mass is 32.2. The van der Waals surface area contributed by atoms with Gasteiger partial charge in [0.15, 0.2) is 10.9 Å². The Morgan fingerprint density at radius 2 is 2.39 bits per heavy atom. The summed E-state index contributed by atoms with van der Waals surface area (Å²) in [5, 5.41) is 0.970. The van der Waals surface area contributed by atoms with Gasteiger partial charge in [-0.1, -0.05) is 17.8 Å². The van der Waals surface area contributed by atoms with Crippen molar-refractivity contribution in [2.24, 2.45) is 0 Å². The Kier molecular flexibility index (Phi) is 3.03. The van der Waals surface area contributed by atoms with Gasteiger partial charge < -0.3 is 4.57 Å². The lowest BCUT2D eigenvalue weighted by Gasteiger charge is -2.08. The van der Waals surface area contributed by atoms with Crippen molar-refractivity contribution >= 4 is 39.2 Å². The molecule has 0 bridgehead atoms. The van der Waals surface area contributed by atoms with Crippen LogP contribution in [0.3, 0.4) is 0 Å². The van der Waals surface area contributed by atoms with E-state index in [0.29, 0.717) is 6.42 Å². The molecule has 1 aliphatic carbocycles. The van der Waals surface area contributed by atoms with Crippen molar-refractivity contribution in [1.82, 2.24) is 9.55 Å². The summed E-state index contributed by atoms with van der Waals surface area (Å²) in [6.07, 6.45) is 6.55. The molecule has 0 N–H and O–H groups in total. The van der Waals surface area contributed by atoms with Gasteiger partial charge in [0, 0.05) is 17.8 Å². The number of carbonyl (C=O) groups is 1. The monoisotopic (exact) mass is 278 g/mol. The van der Waals surface area contributed by atoms with Gasteiger partial charge in [-0.2, -0.15) is 0 Å². The van der Waals surface area contributed by atoms with E-state index < -0.39 is 0 Å². The van der Waals surface area contributed by atoms with E-state index in [0.717, 1.165) is 40.5 Å². The third-order valence-corrected chi connectivity index (χ3v) is 5.14. The van der Waals surface area contributed by atoms with Gasteiger partial charge in [0.25, 0.3) is 0 Å². The molecular weight excluding hydrogens is 264 g/mol. The van der Waals surface area contributed by atoms with E-state index in [2.05, 4.69) is 16.1 Å². The van der Waals surface area contributed by atoms with Crippen LogP contribution in [0, 0.1) is 0 Å². The molecule has 2 aromatic rings. The van der Waals surface area contributed by atoms with Crippen LogP contribution in [0.4, 0.5) is 0 Å². The molecule has 0 saturated carbocycles. The van der Waals surface area contributed by atoms with Crippen LogP contribution in [0.1, 0.15) is 28.1 Å². The molecule has 5 heteroatoms. The Labute approximate surface area is 114 Å². The molecule has 0 aromatic carbocycles. The lowest BCUT2D eigenvalue weighted by atomic mass is 9.97. The number of aromatic nitrogens is 2. The van der Waals surface area contributed by atoms with Crippen LogP contribution in [0.2, 0.25) is 0 Å². The number of carbonyl (C=O) groups excluding carboxylic acids is 1. The molecule has 18 heavy (non-hydrogen) atoms. The SMILES string of the molecule is C=CCn1c(SC)nc2c3c(sc21)CCCC3=O. The predicted octanol–water partition coefficient (Wildman–Crippen LogP) is 3.52. The lowest BCUT2D eigenvalue weighted by molar-refractivity contribution is 0.0975. The first kappa shape index (κ1) is 12.0. The Hall–Kier alpha value is -1.07. The second kappa shape index (κ2) is 4.55. The molecule has 3 nitrogen and oxygen atoms in total. The second-order valence-electron chi connectivity index (χ2n) is 4.33. The molecule has 2 heterocycles. The van der Waals surface area contributed by atoms with Gasteiger partial charge in [-0.3, -0.25) is 4.79 Å². The van der Waals surface area contributed by atoms with Gasteiger partial charge in [0.1, 0.15) is 10.3 Å². The topological polar surface area (TPSA) is 34.9 Å². The summed E-state index contributed by atoms with van der Waals surface area (Å²) in [5.41, 5.74) is 1.80. The average molecular weight is 278 g/mol. The van der Waals surface area contributed by atoms with Crippen molar-refractivity contribution < 1.29 is 4.79 Å². The number of Topliss-reactive ketones (excluding diaryl/α,β-unsaturated/α-hetero) is 1. The molecule has 2 aromatic heterocycles. The smallest absolute Gasteiger partial charge is 0.169 e. The fourth-order valence-corrected chi connectivity index (χ4v) is 4.36. The number of hydrogen-bond acceptors (Lipinski definition) is 4. The molecule has 0 atom stereocenters. The molecule has 0 unspecified atom stereocenters. The van der Waals surface area contributed by atoms with Crippen molar-refractivity contribution in [3.63, 3.8) is 0 Å². The number of hydrogen-bond donors (Lipinski definition) is 0. The number of ketones is 1. The first-order valence-electron chi connectivity index (χ1n) is 5.96. The quantitative estimate of drug-likeness (QED) is 0.636. The van der Waals surface area contributed by atoms with Crippen LogP contribution in [-0.2, 0) is 13.0 Å². The van der Waals surface area contributed by atoms with Crippen LogP contribution in [0.25, 0.3) is 10.3 Å². The van der Waals surface area contributed by atoms with Gasteiger partial charge in [-0.25, -0.2) is 4.98 Å². The zero-order valence-corrected chi connectivity index (χ0v) is 11.9. The summed E-state index contributed by atoms with van der Waals surface area (Å²) in [7, 11) is 0. The highest BCUT2D eigenvalue weighted by Crippen LogP contribution is 2.38. The van der Waals surface area contributed by atoms with E-state index in [4.69, 9.17) is 0 Å². The summed E-state index contributed by atoms with van der Waals surface area (Å²) in [4.78, 5) is 19.0. The summed E-state index contributed by atoms with van der Waals surface area (Å²) in [6.45, 7) is 4.54. The van der Waals surface area contributed by atoms with E-state index >= 15 is 0 Å². The molecular formula is C13H14N2OS2. The van der Waals surface area contributed by atoms with Crippen LogP contribution in [-0.4, -0.2) is 21.6 Å². The molecule has 0 aliphatic heterocycles. The molecule has 0 spiro atoms. The Morgan fingerprint density at radius 3 is 3.11 bits per heavy atom. The van der Waals surface area contributed by atoms with E-state index in [-0.39, 0.29) is 5.78 Å². The molecule has 0 fully saturated rings. The summed E-state index contributed by atoms with van der Waals surface area (Å²) >= 11 is 3.34. The molecule has 0 amide bonds. The molecule has 0 saturated heterocycles. The van der Waals surface area contributed by atoms with Crippen molar-refractivity contribution in [2.75, 3.05) is 6.26 Å². The minimum atomic E-state index is 0.262. The maximum atomic E-state index is 12.1. The van der Waals surface area contributed by atoms with E-state index in [9.17, 15) is 4.79 Å². The maximum absolute atomic E-state index is 12.1. The number of thioether (sulfide) groups is 1. The predicted molar refractivity (Wildman–Crippen MR) is 76.9 cm³/mol. The lowest BCUT2D eigenvalue weighted by Crippen LogP contribution is -2.07. The first-order chi connectivity index (χ1) is 8.76. The summed E-state index contributed by atoms with van der Waals surface area (Å²) in [5.74, 6) is 0.262. The number of aryl methyl sites for hydroxylation is 1. The maximum Gasteiger partial charge on any atom is 0.169 e. The molecule has 1 aliphatic rings. The summed E-state index contributed by atoms with van der Waals surface area (Å²) in [6, 6.07) is 0. The minimum absolute atomic E-state index is 0.262. The second-order valence-corrected chi connectivity index (χ2v) is 6.19. The van der Waals surface area contributed by atoms with E-state index in [1.807, 2.05) is 12.3 Å². The fourth-order valence-electron chi connectivity index (χ4n) is 2.43. The first-order valence-corrected chi connectivity index (χ1v) is 8.00. The Bertz CT molecular complexity index is 639. The third-order valence-electron chi connectivity index (χ3n) is 3.20. The zero-order valence-electron chi connectivity index (χ0n) is 10.2. The minimum Gasteiger partial charge on any atom is -0.307 e. The number of allylic oxidation sites excluding steroid dienone is 1. The molecule has 3 rings (SSSR count). The Balaban J connectivity index is 2.28. The van der Waals surface area contributed by atoms with Gasteiger partial charge in [-0.15, -0.1) is 17.9 Å². The van der Waals surface area contributed by atoms with Gasteiger partial charge in [0.05, 0.1) is 5.56 Å². The van der Waals surface area contributed by atoms with Crippen molar-refractivity contribution in [3.8, 4) is 0 Å². The van der Waals surface area contributed by atoms with Gasteiger partial charge >= 0.3 is 0 Å². The van der Waals surface area contributed by atoms with Gasteiger partial charge in [0.2, 0.25) is 0 Å². The number of fused-ring (bicyclic) bond motifs is 3. The normalized spacial score (nSPS) is 15.1. The highest BCUT2D eigenvalue weighted by molar-refractivity contribution is 7.98. The fraction of sp³-hybridized carbons (Fsp3) is 0.385. The van der Waals surface area contributed by atoms with E-state index in [1.165, 1.54) is 4.88 Å². The third kappa shape index (κ3) is 1.65. The highest BCUT2D eigenvalue weighted by Gasteiger charge is 2.26. The van der Waals surface area contributed by atoms with Crippen LogP contribution in [0.5, 0.6) is 0 Å². The van der Waals surface area contributed by atoms with Crippen LogP contribution < -0.4 is 0 Å². The largest absolute Gasteiger partial charge is 0.307 e. The van der Waals surface area contributed by atoms with Crippen LogP contribution >= 0.6 is 23.1 Å². The van der Waals surface area contributed by atoms with Crippen molar-refractivity contribution in [3.05, 3.63) is 23.1 Å². The number of thiophene rings is 1. The number of imidazole rings is 1. The van der Waals surface area contributed by atoms with Crippen LogP contribution in [0.15, 0.2) is 17.8 Å². The number of nitrogens with zero attached hydrogens (tertiary/aromatic N) is 2. The van der Waals surface area contributed by atoms with Crippen molar-refractivity contribution in [2.45, 2.75) is 31.0 Å². The molecule has 94 valence electrons.